The Morgan fingerprint density at radius 3 is 2.85 bits per heavy atom. The molecule has 7 heteroatoms. The standard InChI is InChI=1S/C13H19NO3S3/c1-10-11(8-15)3-2-4-13(10)20(16,17)14-7-12-9-18-5-6-19-12/h2-4,12,14-15H,5-9H2,1H3. The maximum absolute atomic E-state index is 12.4. The van der Waals surface area contributed by atoms with Gasteiger partial charge in [0.1, 0.15) is 0 Å². The molecule has 1 aromatic rings. The topological polar surface area (TPSA) is 66.4 Å². The summed E-state index contributed by atoms with van der Waals surface area (Å²) in [7, 11) is -3.51. The van der Waals surface area contributed by atoms with E-state index in [1.807, 2.05) is 23.5 Å². The maximum atomic E-state index is 12.4. The number of aliphatic hydroxyl groups is 1. The average molecular weight is 334 g/mol. The van der Waals surface area contributed by atoms with Crippen LogP contribution in [-0.2, 0) is 16.6 Å². The molecule has 1 unspecified atom stereocenters. The molecule has 0 amide bonds. The Morgan fingerprint density at radius 1 is 1.40 bits per heavy atom. The third kappa shape index (κ3) is 3.92. The molecule has 1 aromatic carbocycles. The number of benzene rings is 1. The fourth-order valence-electron chi connectivity index (χ4n) is 2.06. The van der Waals surface area contributed by atoms with Crippen molar-refractivity contribution in [2.75, 3.05) is 23.8 Å². The SMILES string of the molecule is Cc1c(CO)cccc1S(=O)(=O)NCC1CSCCS1. The van der Waals surface area contributed by atoms with Crippen molar-refractivity contribution in [2.45, 2.75) is 23.7 Å². The lowest BCUT2D eigenvalue weighted by atomic mass is 10.1. The molecule has 2 rings (SSSR count). The zero-order valence-corrected chi connectivity index (χ0v) is 13.8. The lowest BCUT2D eigenvalue weighted by Crippen LogP contribution is -2.33. The third-order valence-corrected chi connectivity index (χ3v) is 7.65. The van der Waals surface area contributed by atoms with Crippen molar-refractivity contribution in [1.29, 1.82) is 0 Å². The molecular formula is C13H19NO3S3. The second kappa shape index (κ2) is 7.17. The Kier molecular flexibility index (Phi) is 5.80. The molecule has 112 valence electrons. The molecule has 0 radical (unpaired) electrons. The predicted molar refractivity (Wildman–Crippen MR) is 85.9 cm³/mol. The van der Waals surface area contributed by atoms with Gasteiger partial charge in [0.25, 0.3) is 0 Å². The van der Waals surface area contributed by atoms with Gasteiger partial charge in [-0.15, -0.1) is 0 Å². The molecule has 1 atom stereocenters. The number of hydrogen-bond acceptors (Lipinski definition) is 5. The summed E-state index contributed by atoms with van der Waals surface area (Å²) in [6, 6.07) is 4.99. The molecule has 1 aliphatic rings. The minimum absolute atomic E-state index is 0.149. The van der Waals surface area contributed by atoms with Gasteiger partial charge < -0.3 is 5.11 Å². The van der Waals surface area contributed by atoms with Gasteiger partial charge in [0.05, 0.1) is 11.5 Å². The molecule has 1 fully saturated rings. The lowest BCUT2D eigenvalue weighted by Gasteiger charge is -2.21. The summed E-state index contributed by atoms with van der Waals surface area (Å²) < 4.78 is 27.4. The first-order valence-corrected chi connectivity index (χ1v) is 10.1. The minimum Gasteiger partial charge on any atom is -0.392 e. The second-order valence-electron chi connectivity index (χ2n) is 4.62. The lowest BCUT2D eigenvalue weighted by molar-refractivity contribution is 0.280. The summed E-state index contributed by atoms with van der Waals surface area (Å²) in [6.07, 6.45) is 0. The van der Waals surface area contributed by atoms with Gasteiger partial charge in [0.15, 0.2) is 0 Å². The summed E-state index contributed by atoms with van der Waals surface area (Å²) in [5.74, 6) is 3.21. The number of aliphatic hydroxyl groups excluding tert-OH is 1. The first kappa shape index (κ1) is 16.2. The van der Waals surface area contributed by atoms with Crippen LogP contribution in [0, 0.1) is 6.92 Å². The van der Waals surface area contributed by atoms with Crippen molar-refractivity contribution in [2.24, 2.45) is 0 Å². The minimum atomic E-state index is -3.51. The van der Waals surface area contributed by atoms with Gasteiger partial charge >= 0.3 is 0 Å². The first-order valence-electron chi connectivity index (χ1n) is 6.43. The van der Waals surface area contributed by atoms with Crippen molar-refractivity contribution in [3.63, 3.8) is 0 Å². The van der Waals surface area contributed by atoms with Crippen molar-refractivity contribution >= 4 is 33.5 Å². The summed E-state index contributed by atoms with van der Waals surface area (Å²) in [4.78, 5) is 0.262. The normalized spacial score (nSPS) is 20.0. The van der Waals surface area contributed by atoms with Gasteiger partial charge in [0, 0.05) is 29.1 Å². The van der Waals surface area contributed by atoms with E-state index in [1.165, 1.54) is 0 Å². The summed E-state index contributed by atoms with van der Waals surface area (Å²) in [6.45, 7) is 2.04. The monoisotopic (exact) mass is 333 g/mol. The van der Waals surface area contributed by atoms with E-state index in [0.717, 1.165) is 17.3 Å². The van der Waals surface area contributed by atoms with E-state index in [1.54, 1.807) is 25.1 Å². The highest BCUT2D eigenvalue weighted by molar-refractivity contribution is 8.06. The van der Waals surface area contributed by atoms with Crippen molar-refractivity contribution in [1.82, 2.24) is 4.72 Å². The van der Waals surface area contributed by atoms with Gasteiger partial charge in [-0.25, -0.2) is 13.1 Å². The molecule has 1 heterocycles. The third-order valence-electron chi connectivity index (χ3n) is 3.24. The van der Waals surface area contributed by atoms with E-state index in [4.69, 9.17) is 0 Å². The summed E-state index contributed by atoms with van der Waals surface area (Å²) in [5.41, 5.74) is 1.27. The number of hydrogen-bond donors (Lipinski definition) is 2. The van der Waals surface area contributed by atoms with E-state index >= 15 is 0 Å². The number of nitrogens with one attached hydrogen (secondary N) is 1. The van der Waals surface area contributed by atoms with Crippen molar-refractivity contribution in [3.05, 3.63) is 29.3 Å². The zero-order valence-electron chi connectivity index (χ0n) is 11.3. The largest absolute Gasteiger partial charge is 0.392 e. The van der Waals surface area contributed by atoms with Crippen LogP contribution in [0.15, 0.2) is 23.1 Å². The highest BCUT2D eigenvalue weighted by Crippen LogP contribution is 2.24. The molecule has 0 spiro atoms. The molecule has 0 saturated carbocycles. The summed E-state index contributed by atoms with van der Waals surface area (Å²) >= 11 is 3.69. The molecular weight excluding hydrogens is 314 g/mol. The fourth-order valence-corrected chi connectivity index (χ4v) is 6.14. The Hall–Kier alpha value is -0.210. The van der Waals surface area contributed by atoms with Crippen LogP contribution in [-0.4, -0.2) is 42.6 Å². The fraction of sp³-hybridized carbons (Fsp3) is 0.538. The van der Waals surface area contributed by atoms with Crippen LogP contribution in [0.4, 0.5) is 0 Å². The van der Waals surface area contributed by atoms with Gasteiger partial charge in [-0.1, -0.05) is 12.1 Å². The average Bonchev–Trinajstić information content (AvgIpc) is 2.46. The zero-order chi connectivity index (χ0) is 14.6. The van der Waals surface area contributed by atoms with E-state index in [0.29, 0.717) is 22.9 Å². The highest BCUT2D eigenvalue weighted by atomic mass is 32.2. The molecule has 1 saturated heterocycles. The second-order valence-corrected chi connectivity index (χ2v) is 8.91. The maximum Gasteiger partial charge on any atom is 0.240 e. The van der Waals surface area contributed by atoms with E-state index < -0.39 is 10.0 Å². The molecule has 4 nitrogen and oxygen atoms in total. The molecule has 0 bridgehead atoms. The van der Waals surface area contributed by atoms with Gasteiger partial charge in [-0.05, 0) is 24.1 Å². The summed E-state index contributed by atoms with van der Waals surface area (Å²) in [5, 5.41) is 9.56. The number of thioether (sulfide) groups is 2. The van der Waals surface area contributed by atoms with Crippen LogP contribution in [0.5, 0.6) is 0 Å². The van der Waals surface area contributed by atoms with E-state index in [2.05, 4.69) is 4.72 Å². The van der Waals surface area contributed by atoms with Gasteiger partial charge in [-0.3, -0.25) is 0 Å². The predicted octanol–water partition coefficient (Wildman–Crippen LogP) is 1.61. The molecule has 0 aliphatic carbocycles. The van der Waals surface area contributed by atoms with Crippen LogP contribution in [0.25, 0.3) is 0 Å². The van der Waals surface area contributed by atoms with Gasteiger partial charge in [-0.2, -0.15) is 23.5 Å². The Morgan fingerprint density at radius 2 is 2.20 bits per heavy atom. The van der Waals surface area contributed by atoms with Crippen molar-refractivity contribution in [3.8, 4) is 0 Å². The Balaban J connectivity index is 2.10. The molecule has 2 N–H and O–H groups in total. The van der Waals surface area contributed by atoms with Crippen LogP contribution >= 0.6 is 23.5 Å². The van der Waals surface area contributed by atoms with Crippen LogP contribution in [0.1, 0.15) is 11.1 Å². The highest BCUT2D eigenvalue weighted by Gasteiger charge is 2.21. The quantitative estimate of drug-likeness (QED) is 0.857. The number of rotatable bonds is 5. The van der Waals surface area contributed by atoms with Crippen LogP contribution in [0.2, 0.25) is 0 Å². The Labute approximate surface area is 128 Å². The molecule has 0 aromatic heterocycles. The van der Waals surface area contributed by atoms with E-state index in [9.17, 15) is 13.5 Å². The number of sulfonamides is 1. The van der Waals surface area contributed by atoms with Crippen LogP contribution in [0.3, 0.4) is 0 Å². The Bertz CT molecular complexity index is 554. The van der Waals surface area contributed by atoms with Gasteiger partial charge in [0.2, 0.25) is 10.0 Å². The van der Waals surface area contributed by atoms with Crippen molar-refractivity contribution < 1.29 is 13.5 Å². The first-order chi connectivity index (χ1) is 9.54. The molecule has 1 aliphatic heterocycles. The van der Waals surface area contributed by atoms with E-state index in [-0.39, 0.29) is 11.5 Å². The molecule has 20 heavy (non-hydrogen) atoms. The smallest absolute Gasteiger partial charge is 0.240 e. The van der Waals surface area contributed by atoms with Crippen LogP contribution < -0.4 is 4.72 Å².